The Labute approximate surface area is 183 Å². The van der Waals surface area contributed by atoms with Crippen molar-refractivity contribution < 1.29 is 19.1 Å². The Morgan fingerprint density at radius 2 is 1.71 bits per heavy atom. The maximum absolute atomic E-state index is 13.2. The fraction of sp³-hybridized carbons (Fsp3) is 0.440. The van der Waals surface area contributed by atoms with Gasteiger partial charge in [-0.1, -0.05) is 12.1 Å². The van der Waals surface area contributed by atoms with Crippen LogP contribution < -0.4 is 9.47 Å². The summed E-state index contributed by atoms with van der Waals surface area (Å²) in [6.07, 6.45) is 2.33. The van der Waals surface area contributed by atoms with Crippen molar-refractivity contribution in [3.63, 3.8) is 0 Å². The number of carbonyl (C=O) groups is 2. The maximum Gasteiger partial charge on any atom is 0.254 e. The van der Waals surface area contributed by atoms with Crippen LogP contribution in [0.5, 0.6) is 11.5 Å². The van der Waals surface area contributed by atoms with Gasteiger partial charge in [0.2, 0.25) is 5.91 Å². The van der Waals surface area contributed by atoms with E-state index in [4.69, 9.17) is 9.47 Å². The van der Waals surface area contributed by atoms with E-state index in [2.05, 4.69) is 6.07 Å². The first kappa shape index (κ1) is 21.2. The molecule has 1 saturated heterocycles. The number of amides is 2. The van der Waals surface area contributed by atoms with Gasteiger partial charge in [0.1, 0.15) is 0 Å². The summed E-state index contributed by atoms with van der Waals surface area (Å²) in [6.45, 7) is 7.65. The molecule has 1 fully saturated rings. The summed E-state index contributed by atoms with van der Waals surface area (Å²) in [5.74, 6) is 1.72. The molecule has 2 aliphatic heterocycles. The zero-order valence-electron chi connectivity index (χ0n) is 18.4. The van der Waals surface area contributed by atoms with Crippen molar-refractivity contribution in [1.29, 1.82) is 0 Å². The van der Waals surface area contributed by atoms with Crippen LogP contribution in [0, 0.1) is 0 Å². The molecule has 2 aromatic carbocycles. The van der Waals surface area contributed by atoms with Gasteiger partial charge in [0.05, 0.1) is 13.2 Å². The molecule has 2 aromatic rings. The fourth-order valence-corrected chi connectivity index (χ4v) is 4.35. The summed E-state index contributed by atoms with van der Waals surface area (Å²) in [6, 6.07) is 11.7. The fourth-order valence-electron chi connectivity index (χ4n) is 4.35. The molecule has 0 N–H and O–H groups in total. The van der Waals surface area contributed by atoms with Gasteiger partial charge >= 0.3 is 0 Å². The monoisotopic (exact) mass is 422 g/mol. The van der Waals surface area contributed by atoms with Gasteiger partial charge < -0.3 is 19.3 Å². The molecule has 6 heteroatoms. The van der Waals surface area contributed by atoms with E-state index in [1.165, 1.54) is 5.56 Å². The predicted octanol–water partition coefficient (Wildman–Crippen LogP) is 3.80. The van der Waals surface area contributed by atoms with Crippen LogP contribution in [-0.4, -0.2) is 47.9 Å². The van der Waals surface area contributed by atoms with Crippen LogP contribution in [0.25, 0.3) is 0 Å². The van der Waals surface area contributed by atoms with E-state index < -0.39 is 0 Å². The van der Waals surface area contributed by atoms with Crippen molar-refractivity contribution in [2.75, 3.05) is 26.3 Å². The minimum absolute atomic E-state index is 0.0205. The number of nitrogens with zero attached hydrogens (tertiary/aromatic N) is 2. The second-order valence-corrected chi connectivity index (χ2v) is 8.03. The molecule has 2 heterocycles. The minimum atomic E-state index is 0.0205. The predicted molar refractivity (Wildman–Crippen MR) is 118 cm³/mol. The molecule has 164 valence electrons. The molecule has 0 unspecified atom stereocenters. The van der Waals surface area contributed by atoms with Crippen molar-refractivity contribution in [3.05, 3.63) is 58.7 Å². The molecule has 0 aromatic heterocycles. The third kappa shape index (κ3) is 4.68. The van der Waals surface area contributed by atoms with Crippen molar-refractivity contribution in [2.24, 2.45) is 0 Å². The van der Waals surface area contributed by atoms with E-state index in [0.29, 0.717) is 44.8 Å². The van der Waals surface area contributed by atoms with Crippen LogP contribution in [0.15, 0.2) is 36.4 Å². The molecule has 4 rings (SSSR count). The van der Waals surface area contributed by atoms with E-state index >= 15 is 0 Å². The van der Waals surface area contributed by atoms with Gasteiger partial charge in [0.15, 0.2) is 11.5 Å². The van der Waals surface area contributed by atoms with Crippen LogP contribution in [0.2, 0.25) is 0 Å². The summed E-state index contributed by atoms with van der Waals surface area (Å²) in [7, 11) is 0. The van der Waals surface area contributed by atoms with E-state index in [1.807, 2.05) is 54.0 Å². The number of benzene rings is 2. The molecule has 0 spiro atoms. The molecule has 0 aliphatic carbocycles. The summed E-state index contributed by atoms with van der Waals surface area (Å²) >= 11 is 0. The highest BCUT2D eigenvalue weighted by Crippen LogP contribution is 2.34. The summed E-state index contributed by atoms with van der Waals surface area (Å²) < 4.78 is 11.5. The largest absolute Gasteiger partial charge is 0.490 e. The Hall–Kier alpha value is -3.02. The average molecular weight is 423 g/mol. The van der Waals surface area contributed by atoms with Crippen molar-refractivity contribution >= 4 is 11.8 Å². The standard InChI is InChI=1S/C25H30N2O4/c1-3-30-22-14-19-10-12-27(17-21(19)15-23(22)31-4-2)25(29)20-8-5-7-18(13-20)16-26-11-6-9-24(26)28/h5,7-8,13-15H,3-4,6,9-12,16-17H2,1-2H3. The van der Waals surface area contributed by atoms with E-state index in [-0.39, 0.29) is 11.8 Å². The number of carbonyl (C=O) groups excluding carboxylic acids is 2. The lowest BCUT2D eigenvalue weighted by atomic mass is 9.98. The molecular weight excluding hydrogens is 392 g/mol. The summed E-state index contributed by atoms with van der Waals surface area (Å²) in [5.41, 5.74) is 3.98. The van der Waals surface area contributed by atoms with Gasteiger partial charge in [-0.05, 0) is 67.6 Å². The molecule has 2 aliphatic rings. The minimum Gasteiger partial charge on any atom is -0.490 e. The number of rotatable bonds is 7. The Morgan fingerprint density at radius 1 is 0.968 bits per heavy atom. The van der Waals surface area contributed by atoms with Crippen molar-refractivity contribution in [2.45, 2.75) is 46.2 Å². The van der Waals surface area contributed by atoms with E-state index in [0.717, 1.165) is 42.0 Å². The zero-order chi connectivity index (χ0) is 21.8. The molecule has 0 radical (unpaired) electrons. The lowest BCUT2D eigenvalue weighted by Crippen LogP contribution is -2.36. The topological polar surface area (TPSA) is 59.1 Å². The SMILES string of the molecule is CCOc1cc2c(cc1OCC)CN(C(=O)c1cccc(CN3CCCC3=O)c1)CC2. The highest BCUT2D eigenvalue weighted by atomic mass is 16.5. The Morgan fingerprint density at radius 3 is 2.39 bits per heavy atom. The number of fused-ring (bicyclic) bond motifs is 1. The Kier molecular flexibility index (Phi) is 6.44. The average Bonchev–Trinajstić information content (AvgIpc) is 3.18. The van der Waals surface area contributed by atoms with Gasteiger partial charge in [-0.15, -0.1) is 0 Å². The molecule has 31 heavy (non-hydrogen) atoms. The van der Waals surface area contributed by atoms with Crippen molar-refractivity contribution in [1.82, 2.24) is 9.80 Å². The summed E-state index contributed by atoms with van der Waals surface area (Å²) in [5, 5.41) is 0. The van der Waals surface area contributed by atoms with Crippen molar-refractivity contribution in [3.8, 4) is 11.5 Å². The Balaban J connectivity index is 1.50. The molecule has 0 bridgehead atoms. The first-order valence-electron chi connectivity index (χ1n) is 11.2. The molecule has 2 amide bonds. The first-order valence-corrected chi connectivity index (χ1v) is 11.2. The summed E-state index contributed by atoms with van der Waals surface area (Å²) in [4.78, 5) is 28.9. The lowest BCUT2D eigenvalue weighted by molar-refractivity contribution is -0.128. The van der Waals surface area contributed by atoms with E-state index in [1.54, 1.807) is 0 Å². The van der Waals surface area contributed by atoms with Gasteiger partial charge in [-0.3, -0.25) is 9.59 Å². The van der Waals surface area contributed by atoms with Gasteiger partial charge in [0, 0.05) is 38.2 Å². The van der Waals surface area contributed by atoms with Crippen LogP contribution in [0.4, 0.5) is 0 Å². The van der Waals surface area contributed by atoms with E-state index in [9.17, 15) is 9.59 Å². The van der Waals surface area contributed by atoms with Gasteiger partial charge in [-0.2, -0.15) is 0 Å². The lowest BCUT2D eigenvalue weighted by Gasteiger charge is -2.30. The number of hydrogen-bond acceptors (Lipinski definition) is 4. The second kappa shape index (κ2) is 9.41. The highest BCUT2D eigenvalue weighted by molar-refractivity contribution is 5.94. The smallest absolute Gasteiger partial charge is 0.254 e. The number of ether oxygens (including phenoxy) is 2. The molecular formula is C25H30N2O4. The van der Waals surface area contributed by atoms with Crippen LogP contribution in [-0.2, 0) is 24.3 Å². The van der Waals surface area contributed by atoms with Gasteiger partial charge in [-0.25, -0.2) is 0 Å². The zero-order valence-corrected chi connectivity index (χ0v) is 18.4. The highest BCUT2D eigenvalue weighted by Gasteiger charge is 2.25. The Bertz CT molecular complexity index is 972. The van der Waals surface area contributed by atoms with Crippen LogP contribution in [0.3, 0.4) is 0 Å². The first-order chi connectivity index (χ1) is 15.1. The van der Waals surface area contributed by atoms with Crippen LogP contribution in [0.1, 0.15) is 53.7 Å². The number of likely N-dealkylation sites (tertiary alicyclic amines) is 1. The normalized spacial score (nSPS) is 15.7. The quantitative estimate of drug-likeness (QED) is 0.681. The second-order valence-electron chi connectivity index (χ2n) is 8.03. The van der Waals surface area contributed by atoms with Crippen LogP contribution >= 0.6 is 0 Å². The number of hydrogen-bond donors (Lipinski definition) is 0. The maximum atomic E-state index is 13.2. The molecule has 0 saturated carbocycles. The van der Waals surface area contributed by atoms with Gasteiger partial charge in [0.25, 0.3) is 5.91 Å². The molecule has 0 atom stereocenters. The molecule has 6 nitrogen and oxygen atoms in total. The third-order valence-electron chi connectivity index (χ3n) is 5.88. The third-order valence-corrected chi connectivity index (χ3v) is 5.88.